The van der Waals surface area contributed by atoms with Crippen LogP contribution in [0.3, 0.4) is 0 Å². The van der Waals surface area contributed by atoms with Crippen molar-refractivity contribution in [3.63, 3.8) is 0 Å². The summed E-state index contributed by atoms with van der Waals surface area (Å²) < 4.78 is 32.7. The third-order valence-electron chi connectivity index (χ3n) is 7.18. The van der Waals surface area contributed by atoms with E-state index in [0.717, 1.165) is 32.0 Å². The van der Waals surface area contributed by atoms with Crippen molar-refractivity contribution in [1.82, 2.24) is 15.6 Å². The van der Waals surface area contributed by atoms with Crippen LogP contribution in [0.1, 0.15) is 18.4 Å². The summed E-state index contributed by atoms with van der Waals surface area (Å²) in [4.78, 5) is 16.9. The normalized spacial score (nSPS) is 14.3. The molecule has 0 radical (unpaired) electrons. The molecule has 0 spiro atoms. The quantitative estimate of drug-likeness (QED) is 0.119. The molecule has 1 aliphatic heterocycles. The highest BCUT2D eigenvalue weighted by Gasteiger charge is 2.19. The number of nitrogens with zero attached hydrogens (tertiary/aromatic N) is 1. The van der Waals surface area contributed by atoms with Crippen molar-refractivity contribution >= 4 is 39.8 Å². The number of aliphatic hydroxyl groups excluding tert-OH is 1. The SMILES string of the molecule is COc1cc2c(Oc3ccc(NC(=O)C(O)NCc4ccc(Cl)cc4N)cc3F)ccnc2cc1OCC1CCNCC1. The largest absolute Gasteiger partial charge is 0.493 e. The van der Waals surface area contributed by atoms with Crippen LogP contribution in [0.4, 0.5) is 15.8 Å². The molecule has 3 aromatic carbocycles. The highest BCUT2D eigenvalue weighted by molar-refractivity contribution is 6.30. The zero-order chi connectivity index (χ0) is 30.3. The van der Waals surface area contributed by atoms with Crippen LogP contribution >= 0.6 is 11.6 Å². The molecule has 1 saturated heterocycles. The number of amides is 1. The van der Waals surface area contributed by atoms with Gasteiger partial charge < -0.3 is 35.7 Å². The number of anilines is 2. The fourth-order valence-corrected chi connectivity index (χ4v) is 4.94. The minimum absolute atomic E-state index is 0.0624. The monoisotopic (exact) mass is 609 g/mol. The van der Waals surface area contributed by atoms with Crippen LogP contribution in [0.2, 0.25) is 5.02 Å². The molecule has 12 heteroatoms. The summed E-state index contributed by atoms with van der Waals surface area (Å²) in [5.41, 5.74) is 7.73. The molecule has 1 unspecified atom stereocenters. The van der Waals surface area contributed by atoms with Gasteiger partial charge in [0.05, 0.1) is 19.2 Å². The molecule has 0 bridgehead atoms. The Hall–Kier alpha value is -4.16. The number of nitrogens with two attached hydrogens (primary N) is 1. The molecule has 1 fully saturated rings. The van der Waals surface area contributed by atoms with Gasteiger partial charge in [0.2, 0.25) is 0 Å². The number of hydrogen-bond acceptors (Lipinski definition) is 9. The zero-order valence-corrected chi connectivity index (χ0v) is 24.3. The number of ether oxygens (including phenoxy) is 3. The maximum absolute atomic E-state index is 15.1. The first kappa shape index (κ1) is 30.3. The van der Waals surface area contributed by atoms with Crippen molar-refractivity contribution in [2.45, 2.75) is 25.6 Å². The minimum Gasteiger partial charge on any atom is -0.493 e. The third kappa shape index (κ3) is 7.63. The molecule has 4 aromatic rings. The summed E-state index contributed by atoms with van der Waals surface area (Å²) in [6.07, 6.45) is 2.11. The van der Waals surface area contributed by atoms with E-state index >= 15 is 4.39 Å². The van der Waals surface area contributed by atoms with Gasteiger partial charge in [-0.2, -0.15) is 0 Å². The number of nitrogen functional groups attached to an aromatic ring is 1. The molecule has 1 atom stereocenters. The van der Waals surface area contributed by atoms with E-state index in [-0.39, 0.29) is 18.0 Å². The predicted octanol–water partition coefficient (Wildman–Crippen LogP) is 4.84. The van der Waals surface area contributed by atoms with Gasteiger partial charge in [-0.25, -0.2) is 4.39 Å². The Labute approximate surface area is 253 Å². The number of halogens is 2. The van der Waals surface area contributed by atoms with Crippen LogP contribution in [0.25, 0.3) is 10.9 Å². The van der Waals surface area contributed by atoms with Crippen molar-refractivity contribution in [2.75, 3.05) is 37.9 Å². The lowest BCUT2D eigenvalue weighted by molar-refractivity contribution is -0.125. The summed E-state index contributed by atoms with van der Waals surface area (Å²) in [6.45, 7) is 2.66. The van der Waals surface area contributed by atoms with E-state index < -0.39 is 18.0 Å². The van der Waals surface area contributed by atoms with Crippen LogP contribution in [0, 0.1) is 11.7 Å². The maximum atomic E-state index is 15.1. The third-order valence-corrected chi connectivity index (χ3v) is 7.42. The summed E-state index contributed by atoms with van der Waals surface area (Å²) >= 11 is 5.90. The number of aromatic nitrogens is 1. The number of rotatable bonds is 11. The van der Waals surface area contributed by atoms with Gasteiger partial charge in [-0.05, 0) is 73.8 Å². The number of carbonyl (C=O) groups is 1. The molecule has 10 nitrogen and oxygen atoms in total. The second-order valence-electron chi connectivity index (χ2n) is 10.2. The number of fused-ring (bicyclic) bond motifs is 1. The fourth-order valence-electron chi connectivity index (χ4n) is 4.76. The first-order valence-electron chi connectivity index (χ1n) is 13.8. The van der Waals surface area contributed by atoms with E-state index in [4.69, 9.17) is 31.5 Å². The summed E-state index contributed by atoms with van der Waals surface area (Å²) in [5.74, 6) is 0.381. The lowest BCUT2D eigenvalue weighted by Gasteiger charge is -2.23. The molecule has 1 aliphatic rings. The van der Waals surface area contributed by atoms with E-state index in [1.165, 1.54) is 12.1 Å². The highest BCUT2D eigenvalue weighted by atomic mass is 35.5. The minimum atomic E-state index is -1.57. The number of piperidine rings is 1. The van der Waals surface area contributed by atoms with E-state index in [1.54, 1.807) is 49.7 Å². The lowest BCUT2D eigenvalue weighted by atomic mass is 9.99. The second-order valence-corrected chi connectivity index (χ2v) is 10.6. The van der Waals surface area contributed by atoms with E-state index in [9.17, 15) is 9.90 Å². The van der Waals surface area contributed by atoms with Gasteiger partial charge >= 0.3 is 0 Å². The molecule has 2 heterocycles. The van der Waals surface area contributed by atoms with Crippen LogP contribution in [0.5, 0.6) is 23.0 Å². The molecule has 0 aliphatic carbocycles. The second kappa shape index (κ2) is 13.9. The van der Waals surface area contributed by atoms with Crippen LogP contribution in [-0.2, 0) is 11.3 Å². The Kier molecular flexibility index (Phi) is 9.78. The summed E-state index contributed by atoms with van der Waals surface area (Å²) in [6, 6.07) is 14.1. The van der Waals surface area contributed by atoms with Gasteiger partial charge in [-0.15, -0.1) is 0 Å². The number of pyridine rings is 1. The highest BCUT2D eigenvalue weighted by Crippen LogP contribution is 2.38. The summed E-state index contributed by atoms with van der Waals surface area (Å²) in [5, 5.41) is 19.8. The Balaban J connectivity index is 1.24. The number of nitrogens with one attached hydrogen (secondary N) is 3. The Morgan fingerprint density at radius 1 is 1.12 bits per heavy atom. The lowest BCUT2D eigenvalue weighted by Crippen LogP contribution is -2.40. The molecule has 6 N–H and O–H groups in total. The molecule has 0 saturated carbocycles. The molecule has 1 aromatic heterocycles. The van der Waals surface area contributed by atoms with Crippen molar-refractivity contribution in [1.29, 1.82) is 0 Å². The van der Waals surface area contributed by atoms with Gasteiger partial charge in [0.1, 0.15) is 5.75 Å². The average Bonchev–Trinajstić information content (AvgIpc) is 3.01. The number of carbonyl (C=O) groups excluding carboxylic acids is 1. The Morgan fingerprint density at radius 2 is 1.93 bits per heavy atom. The number of aliphatic hydroxyl groups is 1. The van der Waals surface area contributed by atoms with Crippen molar-refractivity contribution in [2.24, 2.45) is 5.92 Å². The Bertz CT molecular complexity index is 1600. The average molecular weight is 610 g/mol. The van der Waals surface area contributed by atoms with Gasteiger partial charge in [-0.1, -0.05) is 17.7 Å². The van der Waals surface area contributed by atoms with Gasteiger partial charge in [-0.3, -0.25) is 15.1 Å². The first-order chi connectivity index (χ1) is 20.8. The predicted molar refractivity (Wildman–Crippen MR) is 163 cm³/mol. The van der Waals surface area contributed by atoms with Gasteiger partial charge in [0.25, 0.3) is 5.91 Å². The molecule has 43 heavy (non-hydrogen) atoms. The maximum Gasteiger partial charge on any atom is 0.268 e. The molecule has 1 amide bonds. The van der Waals surface area contributed by atoms with E-state index in [0.29, 0.717) is 56.9 Å². The van der Waals surface area contributed by atoms with Crippen LogP contribution in [0.15, 0.2) is 60.8 Å². The van der Waals surface area contributed by atoms with Gasteiger partial charge in [0.15, 0.2) is 29.3 Å². The van der Waals surface area contributed by atoms with Crippen LogP contribution in [-0.4, -0.2) is 49.0 Å². The number of benzene rings is 3. The topological polar surface area (TPSA) is 140 Å². The van der Waals surface area contributed by atoms with Crippen LogP contribution < -0.4 is 35.9 Å². The first-order valence-corrected chi connectivity index (χ1v) is 14.2. The number of hydrogen-bond donors (Lipinski definition) is 5. The zero-order valence-electron chi connectivity index (χ0n) is 23.5. The molecular weight excluding hydrogens is 577 g/mol. The molecule has 5 rings (SSSR count). The van der Waals surface area contributed by atoms with Crippen molar-refractivity contribution in [3.8, 4) is 23.0 Å². The fraction of sp³-hybridized carbons (Fsp3) is 0.290. The van der Waals surface area contributed by atoms with Crippen molar-refractivity contribution < 1.29 is 28.5 Å². The smallest absolute Gasteiger partial charge is 0.268 e. The van der Waals surface area contributed by atoms with E-state index in [2.05, 4.69) is 20.9 Å². The summed E-state index contributed by atoms with van der Waals surface area (Å²) in [7, 11) is 1.56. The van der Waals surface area contributed by atoms with Crippen molar-refractivity contribution in [3.05, 3.63) is 77.2 Å². The Morgan fingerprint density at radius 3 is 2.67 bits per heavy atom. The number of methoxy groups -OCH3 is 1. The van der Waals surface area contributed by atoms with E-state index in [1.807, 2.05) is 0 Å². The molecular formula is C31H33ClFN5O5. The van der Waals surface area contributed by atoms with Gasteiger partial charge in [0, 0.05) is 46.7 Å². The standard InChI is InChI=1S/C31H33ClFN5O5/c1-41-28-14-22-25(15-29(28)42-17-18-6-9-35-10-7-18)36-11-8-26(22)43-27-5-4-21(13-23(27)33)38-31(40)30(39)37-16-19-2-3-20(32)12-24(19)34/h2-5,8,11-15,18,30,35,37,39H,6-7,9-10,16-17,34H2,1H3,(H,38,40). The molecule has 226 valence electrons.